The summed E-state index contributed by atoms with van der Waals surface area (Å²) in [7, 11) is 0. The second-order valence-corrected chi connectivity index (χ2v) is 5.62. The second-order valence-electron chi connectivity index (χ2n) is 5.62. The first-order valence-corrected chi connectivity index (χ1v) is 7.54. The van der Waals surface area contributed by atoms with Gasteiger partial charge in [-0.2, -0.15) is 0 Å². The van der Waals surface area contributed by atoms with Crippen molar-refractivity contribution in [2.45, 2.75) is 31.8 Å². The molecule has 1 saturated heterocycles. The molecule has 1 atom stereocenters. The van der Waals surface area contributed by atoms with Crippen molar-refractivity contribution in [2.24, 2.45) is 0 Å². The zero-order chi connectivity index (χ0) is 13.8. The van der Waals surface area contributed by atoms with Crippen LogP contribution in [0, 0.1) is 0 Å². The minimum atomic E-state index is 0.0960. The smallest absolute Gasteiger partial charge is 0.248 e. The van der Waals surface area contributed by atoms with Gasteiger partial charge in [0.1, 0.15) is 6.61 Å². The normalized spacial score (nSPS) is 22.0. The molecule has 0 radical (unpaired) electrons. The number of fused-ring (bicyclic) bond motifs is 1. The molecule has 2 heterocycles. The van der Waals surface area contributed by atoms with Gasteiger partial charge in [0.15, 0.2) is 0 Å². The number of nitrogens with one attached hydrogen (secondary N) is 1. The van der Waals surface area contributed by atoms with Gasteiger partial charge in [-0.05, 0) is 30.9 Å². The molecule has 4 heteroatoms. The number of nitrogens with zero attached hydrogens (tertiary/aromatic N) is 1. The number of rotatable bonds is 3. The number of hydrogen-bond donors (Lipinski definition) is 1. The van der Waals surface area contributed by atoms with Crippen LogP contribution in [0.2, 0.25) is 0 Å². The molecule has 1 N–H and O–H groups in total. The van der Waals surface area contributed by atoms with Gasteiger partial charge in [-0.3, -0.25) is 4.79 Å². The highest BCUT2D eigenvalue weighted by Crippen LogP contribution is 2.22. The molecule has 0 saturated carbocycles. The van der Waals surface area contributed by atoms with Crippen molar-refractivity contribution in [1.29, 1.82) is 0 Å². The number of hydrogen-bond acceptors (Lipinski definition) is 3. The summed E-state index contributed by atoms with van der Waals surface area (Å²) in [5.41, 5.74) is 2.46. The van der Waals surface area contributed by atoms with E-state index in [-0.39, 0.29) is 18.6 Å². The van der Waals surface area contributed by atoms with Crippen molar-refractivity contribution in [3.63, 3.8) is 0 Å². The Kier molecular flexibility index (Phi) is 4.21. The molecular weight excluding hydrogens is 252 g/mol. The fraction of sp³-hybridized carbons (Fsp3) is 0.562. The van der Waals surface area contributed by atoms with E-state index in [4.69, 9.17) is 4.74 Å². The number of ether oxygens (including phenoxy) is 1. The van der Waals surface area contributed by atoms with Gasteiger partial charge < -0.3 is 15.0 Å². The predicted octanol–water partition coefficient (Wildman–Crippen LogP) is 2.05. The third-order valence-electron chi connectivity index (χ3n) is 4.14. The Morgan fingerprint density at radius 3 is 2.90 bits per heavy atom. The molecule has 4 nitrogen and oxygen atoms in total. The Morgan fingerprint density at radius 1 is 1.25 bits per heavy atom. The number of likely N-dealkylation sites (tertiary alicyclic amines) is 1. The highest BCUT2D eigenvalue weighted by Gasteiger charge is 2.21. The minimum absolute atomic E-state index is 0.0960. The maximum Gasteiger partial charge on any atom is 0.248 e. The second kappa shape index (κ2) is 6.27. The van der Waals surface area contributed by atoms with E-state index in [0.717, 1.165) is 38.9 Å². The number of amides is 1. The Labute approximate surface area is 120 Å². The first kappa shape index (κ1) is 13.4. The number of para-hydroxylation sites is 1. The molecule has 0 aromatic heterocycles. The number of piperidine rings is 1. The average Bonchev–Trinajstić information content (AvgIpc) is 2.53. The Morgan fingerprint density at radius 2 is 2.05 bits per heavy atom. The van der Waals surface area contributed by atoms with Crippen molar-refractivity contribution >= 4 is 11.6 Å². The standard InChI is InChI=1S/C16H22N2O2/c19-16(18-8-4-1-5-9-18)12-20-14-10-13-6-2-3-7-15(13)17-11-14/h2-3,6-7,14,17H,1,4-5,8-12H2. The van der Waals surface area contributed by atoms with Crippen LogP contribution in [0.5, 0.6) is 0 Å². The summed E-state index contributed by atoms with van der Waals surface area (Å²) < 4.78 is 5.80. The van der Waals surface area contributed by atoms with Gasteiger partial charge in [0.05, 0.1) is 6.10 Å². The monoisotopic (exact) mass is 274 g/mol. The zero-order valence-electron chi connectivity index (χ0n) is 11.8. The summed E-state index contributed by atoms with van der Waals surface area (Å²) in [6.07, 6.45) is 4.48. The SMILES string of the molecule is O=C(COC1CNc2ccccc2C1)N1CCCCC1. The van der Waals surface area contributed by atoms with Crippen LogP contribution in [0.1, 0.15) is 24.8 Å². The van der Waals surface area contributed by atoms with Crippen molar-refractivity contribution in [3.05, 3.63) is 29.8 Å². The van der Waals surface area contributed by atoms with Crippen molar-refractivity contribution in [3.8, 4) is 0 Å². The number of anilines is 1. The van der Waals surface area contributed by atoms with E-state index in [1.807, 2.05) is 17.0 Å². The molecule has 0 bridgehead atoms. The summed E-state index contributed by atoms with van der Waals surface area (Å²) in [5, 5.41) is 3.37. The van der Waals surface area contributed by atoms with Crippen LogP contribution in [0.3, 0.4) is 0 Å². The molecule has 0 aliphatic carbocycles. The van der Waals surface area contributed by atoms with Crippen LogP contribution in [-0.4, -0.2) is 43.2 Å². The van der Waals surface area contributed by atoms with Crippen LogP contribution in [0.15, 0.2) is 24.3 Å². The average molecular weight is 274 g/mol. The molecule has 0 spiro atoms. The Hall–Kier alpha value is -1.55. The van der Waals surface area contributed by atoms with E-state index in [2.05, 4.69) is 17.4 Å². The molecule has 1 unspecified atom stereocenters. The van der Waals surface area contributed by atoms with E-state index in [1.54, 1.807) is 0 Å². The summed E-state index contributed by atoms with van der Waals surface area (Å²) in [6.45, 7) is 2.79. The molecule has 3 rings (SSSR count). The maximum atomic E-state index is 12.1. The van der Waals surface area contributed by atoms with E-state index in [9.17, 15) is 4.79 Å². The zero-order valence-corrected chi connectivity index (χ0v) is 11.8. The topological polar surface area (TPSA) is 41.6 Å². The summed E-state index contributed by atoms with van der Waals surface area (Å²) in [6, 6.07) is 8.28. The van der Waals surface area contributed by atoms with Gasteiger partial charge in [0.2, 0.25) is 5.91 Å². The van der Waals surface area contributed by atoms with Crippen LogP contribution >= 0.6 is 0 Å². The van der Waals surface area contributed by atoms with Gasteiger partial charge >= 0.3 is 0 Å². The van der Waals surface area contributed by atoms with Gasteiger partial charge in [0.25, 0.3) is 0 Å². The molecule has 108 valence electrons. The van der Waals surface area contributed by atoms with E-state index in [0.29, 0.717) is 0 Å². The van der Waals surface area contributed by atoms with Gasteiger partial charge in [-0.15, -0.1) is 0 Å². The number of benzene rings is 1. The Bertz CT molecular complexity index is 469. The van der Waals surface area contributed by atoms with Crippen LogP contribution in [0.25, 0.3) is 0 Å². The Balaban J connectivity index is 1.49. The molecule has 1 aromatic rings. The number of carbonyl (C=O) groups is 1. The number of carbonyl (C=O) groups excluding carboxylic acids is 1. The van der Waals surface area contributed by atoms with Gasteiger partial charge in [-0.1, -0.05) is 18.2 Å². The maximum absolute atomic E-state index is 12.1. The van der Waals surface area contributed by atoms with Gasteiger partial charge in [0, 0.05) is 31.7 Å². The van der Waals surface area contributed by atoms with E-state index in [1.165, 1.54) is 17.7 Å². The molecule has 2 aliphatic heterocycles. The minimum Gasteiger partial charge on any atom is -0.382 e. The molecule has 2 aliphatic rings. The van der Waals surface area contributed by atoms with Crippen molar-refractivity contribution in [1.82, 2.24) is 4.90 Å². The third kappa shape index (κ3) is 3.12. The lowest BCUT2D eigenvalue weighted by atomic mass is 10.0. The predicted molar refractivity (Wildman–Crippen MR) is 78.8 cm³/mol. The molecule has 1 fully saturated rings. The first-order valence-electron chi connectivity index (χ1n) is 7.54. The molecular formula is C16H22N2O2. The van der Waals surface area contributed by atoms with Crippen LogP contribution in [-0.2, 0) is 16.0 Å². The molecule has 1 aromatic carbocycles. The lowest BCUT2D eigenvalue weighted by molar-refractivity contribution is -0.138. The highest BCUT2D eigenvalue weighted by molar-refractivity contribution is 5.77. The summed E-state index contributed by atoms with van der Waals surface area (Å²) in [4.78, 5) is 14.0. The van der Waals surface area contributed by atoms with E-state index < -0.39 is 0 Å². The molecule has 20 heavy (non-hydrogen) atoms. The van der Waals surface area contributed by atoms with Crippen LogP contribution < -0.4 is 5.32 Å². The highest BCUT2D eigenvalue weighted by atomic mass is 16.5. The third-order valence-corrected chi connectivity index (χ3v) is 4.14. The molecule has 1 amide bonds. The fourth-order valence-corrected chi connectivity index (χ4v) is 2.95. The van der Waals surface area contributed by atoms with Gasteiger partial charge in [-0.25, -0.2) is 0 Å². The summed E-state index contributed by atoms with van der Waals surface area (Å²) in [5.74, 6) is 0.142. The quantitative estimate of drug-likeness (QED) is 0.917. The lowest BCUT2D eigenvalue weighted by Gasteiger charge is -2.29. The van der Waals surface area contributed by atoms with Crippen molar-refractivity contribution < 1.29 is 9.53 Å². The fourth-order valence-electron chi connectivity index (χ4n) is 2.95. The first-order chi connectivity index (χ1) is 9.83. The largest absolute Gasteiger partial charge is 0.382 e. The van der Waals surface area contributed by atoms with Crippen molar-refractivity contribution in [2.75, 3.05) is 31.6 Å². The summed E-state index contributed by atoms with van der Waals surface area (Å²) >= 11 is 0. The lowest BCUT2D eigenvalue weighted by Crippen LogP contribution is -2.40. The van der Waals surface area contributed by atoms with Crippen LogP contribution in [0.4, 0.5) is 5.69 Å². The van der Waals surface area contributed by atoms with E-state index >= 15 is 0 Å².